The molecule has 0 heterocycles. The fourth-order valence-corrected chi connectivity index (χ4v) is 4.30. The molecule has 2 fully saturated rings. The lowest BCUT2D eigenvalue weighted by Crippen LogP contribution is -2.32. The highest BCUT2D eigenvalue weighted by atomic mass is 32.1. The SMILES string of the molecule is CC1CCC2CCC(C)(C(=O)OCCCS)CC(C1)C2. The third-order valence-corrected chi connectivity index (χ3v) is 5.66. The Morgan fingerprint density at radius 3 is 2.80 bits per heavy atom. The molecule has 0 aromatic carbocycles. The summed E-state index contributed by atoms with van der Waals surface area (Å²) in [6.07, 6.45) is 9.50. The molecule has 116 valence electrons. The van der Waals surface area contributed by atoms with E-state index in [1.54, 1.807) is 0 Å². The van der Waals surface area contributed by atoms with Gasteiger partial charge in [-0.3, -0.25) is 4.79 Å². The predicted octanol–water partition coefficient (Wildman–Crippen LogP) is 4.48. The fraction of sp³-hybridized carbons (Fsp3) is 0.941. The minimum atomic E-state index is -0.243. The van der Waals surface area contributed by atoms with E-state index < -0.39 is 0 Å². The number of hydrogen-bond donors (Lipinski definition) is 1. The van der Waals surface area contributed by atoms with Gasteiger partial charge in [0.2, 0.25) is 0 Å². The molecule has 4 unspecified atom stereocenters. The van der Waals surface area contributed by atoms with Crippen molar-refractivity contribution < 1.29 is 9.53 Å². The number of fused-ring (bicyclic) bond motifs is 2. The summed E-state index contributed by atoms with van der Waals surface area (Å²) in [4.78, 5) is 12.5. The van der Waals surface area contributed by atoms with Crippen molar-refractivity contribution in [1.82, 2.24) is 0 Å². The van der Waals surface area contributed by atoms with Crippen molar-refractivity contribution in [2.45, 2.75) is 65.2 Å². The minimum Gasteiger partial charge on any atom is -0.465 e. The number of ether oxygens (including phenoxy) is 1. The van der Waals surface area contributed by atoms with E-state index in [0.29, 0.717) is 6.61 Å². The van der Waals surface area contributed by atoms with Crippen molar-refractivity contribution in [3.63, 3.8) is 0 Å². The van der Waals surface area contributed by atoms with Gasteiger partial charge in [-0.05, 0) is 69.0 Å². The van der Waals surface area contributed by atoms with Crippen LogP contribution in [0.15, 0.2) is 0 Å². The topological polar surface area (TPSA) is 26.3 Å². The number of rotatable bonds is 4. The number of thiol groups is 1. The molecule has 4 atom stereocenters. The van der Waals surface area contributed by atoms with Gasteiger partial charge in [-0.2, -0.15) is 12.6 Å². The van der Waals surface area contributed by atoms with Crippen LogP contribution in [0, 0.1) is 23.2 Å². The second-order valence-electron chi connectivity index (χ2n) is 7.40. The first-order chi connectivity index (χ1) is 9.53. The third kappa shape index (κ3) is 4.16. The molecule has 2 aliphatic carbocycles. The summed E-state index contributed by atoms with van der Waals surface area (Å²) in [6.45, 7) is 5.04. The predicted molar refractivity (Wildman–Crippen MR) is 86.0 cm³/mol. The smallest absolute Gasteiger partial charge is 0.311 e. The molecular formula is C17H30O2S. The molecule has 0 amide bonds. The summed E-state index contributed by atoms with van der Waals surface area (Å²) in [5.41, 5.74) is -0.243. The van der Waals surface area contributed by atoms with Gasteiger partial charge in [0.25, 0.3) is 0 Å². The first-order valence-electron chi connectivity index (χ1n) is 8.31. The number of esters is 1. The zero-order valence-corrected chi connectivity index (χ0v) is 14.0. The van der Waals surface area contributed by atoms with Gasteiger partial charge < -0.3 is 4.74 Å². The summed E-state index contributed by atoms with van der Waals surface area (Å²) in [6, 6.07) is 0. The van der Waals surface area contributed by atoms with Crippen LogP contribution in [-0.2, 0) is 9.53 Å². The Morgan fingerprint density at radius 2 is 2.05 bits per heavy atom. The number of carbonyl (C=O) groups is 1. The van der Waals surface area contributed by atoms with E-state index in [-0.39, 0.29) is 11.4 Å². The van der Waals surface area contributed by atoms with Crippen LogP contribution < -0.4 is 0 Å². The van der Waals surface area contributed by atoms with E-state index in [4.69, 9.17) is 4.74 Å². The Labute approximate surface area is 129 Å². The van der Waals surface area contributed by atoms with Crippen molar-refractivity contribution in [2.75, 3.05) is 12.4 Å². The van der Waals surface area contributed by atoms with Gasteiger partial charge in [-0.1, -0.05) is 19.8 Å². The normalized spacial score (nSPS) is 37.9. The van der Waals surface area contributed by atoms with E-state index in [1.807, 2.05) is 0 Å². The molecule has 2 saturated carbocycles. The number of hydrogen-bond acceptors (Lipinski definition) is 3. The van der Waals surface area contributed by atoms with E-state index in [2.05, 4.69) is 26.5 Å². The van der Waals surface area contributed by atoms with Crippen molar-refractivity contribution >= 4 is 18.6 Å². The van der Waals surface area contributed by atoms with Crippen LogP contribution in [-0.4, -0.2) is 18.3 Å². The molecule has 0 radical (unpaired) electrons. The average molecular weight is 298 g/mol. The Balaban J connectivity index is 1.98. The van der Waals surface area contributed by atoms with Crippen molar-refractivity contribution in [1.29, 1.82) is 0 Å². The Morgan fingerprint density at radius 1 is 1.25 bits per heavy atom. The first kappa shape index (κ1) is 16.2. The van der Waals surface area contributed by atoms with Crippen LogP contribution in [0.3, 0.4) is 0 Å². The van der Waals surface area contributed by atoms with Gasteiger partial charge in [0.05, 0.1) is 12.0 Å². The van der Waals surface area contributed by atoms with Crippen LogP contribution in [0.2, 0.25) is 0 Å². The third-order valence-electron chi connectivity index (χ3n) is 5.34. The zero-order chi connectivity index (χ0) is 14.6. The molecule has 0 N–H and O–H groups in total. The summed E-state index contributed by atoms with van der Waals surface area (Å²) >= 11 is 4.17. The average Bonchev–Trinajstić information content (AvgIpc) is 2.67. The second-order valence-corrected chi connectivity index (χ2v) is 7.85. The summed E-state index contributed by atoms with van der Waals surface area (Å²) in [7, 11) is 0. The maximum Gasteiger partial charge on any atom is 0.311 e. The first-order valence-corrected chi connectivity index (χ1v) is 8.95. The van der Waals surface area contributed by atoms with Crippen molar-refractivity contribution in [3.8, 4) is 0 Å². The quantitative estimate of drug-likeness (QED) is 0.470. The molecule has 2 bridgehead atoms. The van der Waals surface area contributed by atoms with Gasteiger partial charge in [-0.25, -0.2) is 0 Å². The Kier molecular flexibility index (Phi) is 5.83. The van der Waals surface area contributed by atoms with Gasteiger partial charge in [0, 0.05) is 0 Å². The number of carbonyl (C=O) groups excluding carboxylic acids is 1. The van der Waals surface area contributed by atoms with Crippen LogP contribution in [0.5, 0.6) is 0 Å². The van der Waals surface area contributed by atoms with E-state index in [0.717, 1.165) is 42.8 Å². The monoisotopic (exact) mass is 298 g/mol. The lowest BCUT2D eigenvalue weighted by molar-refractivity contribution is -0.156. The van der Waals surface area contributed by atoms with Gasteiger partial charge in [0.15, 0.2) is 0 Å². The molecule has 0 spiro atoms. The second kappa shape index (κ2) is 7.20. The van der Waals surface area contributed by atoms with Crippen LogP contribution in [0.25, 0.3) is 0 Å². The Hall–Kier alpha value is -0.180. The van der Waals surface area contributed by atoms with Gasteiger partial charge in [0.1, 0.15) is 0 Å². The molecular weight excluding hydrogens is 268 g/mol. The molecule has 0 aromatic heterocycles. The van der Waals surface area contributed by atoms with Crippen molar-refractivity contribution in [2.24, 2.45) is 23.2 Å². The molecule has 0 saturated heterocycles. The standard InChI is InChI=1S/C17H30O2S/c1-13-4-5-14-6-7-17(2,12-15(10-13)11-14)16(18)19-8-3-9-20/h13-15,20H,3-12H2,1-2H3. The van der Waals surface area contributed by atoms with Crippen LogP contribution in [0.1, 0.15) is 65.2 Å². The summed E-state index contributed by atoms with van der Waals surface area (Å²) < 4.78 is 5.50. The largest absolute Gasteiger partial charge is 0.465 e. The maximum absolute atomic E-state index is 12.5. The van der Waals surface area contributed by atoms with E-state index >= 15 is 0 Å². The van der Waals surface area contributed by atoms with Gasteiger partial charge in [-0.15, -0.1) is 0 Å². The summed E-state index contributed by atoms with van der Waals surface area (Å²) in [5.74, 6) is 3.22. The van der Waals surface area contributed by atoms with Crippen LogP contribution >= 0.6 is 12.6 Å². The molecule has 2 nitrogen and oxygen atoms in total. The molecule has 2 rings (SSSR count). The molecule has 0 aromatic rings. The minimum absolute atomic E-state index is 0.0400. The highest BCUT2D eigenvalue weighted by Gasteiger charge is 2.41. The van der Waals surface area contributed by atoms with Crippen LogP contribution in [0.4, 0.5) is 0 Å². The molecule has 3 heteroatoms. The highest BCUT2D eigenvalue weighted by Crippen LogP contribution is 2.46. The van der Waals surface area contributed by atoms with Crippen molar-refractivity contribution in [3.05, 3.63) is 0 Å². The van der Waals surface area contributed by atoms with E-state index in [1.165, 1.54) is 32.1 Å². The Bertz CT molecular complexity index is 331. The zero-order valence-electron chi connectivity index (χ0n) is 13.1. The van der Waals surface area contributed by atoms with Gasteiger partial charge >= 0.3 is 5.97 Å². The summed E-state index contributed by atoms with van der Waals surface area (Å²) in [5, 5.41) is 0. The highest BCUT2D eigenvalue weighted by molar-refractivity contribution is 7.80. The van der Waals surface area contributed by atoms with E-state index in [9.17, 15) is 4.79 Å². The molecule has 0 aliphatic heterocycles. The fourth-order valence-electron chi connectivity index (χ4n) is 4.17. The maximum atomic E-state index is 12.5. The lowest BCUT2D eigenvalue weighted by Gasteiger charge is -2.30. The lowest BCUT2D eigenvalue weighted by atomic mass is 9.76. The molecule has 2 aliphatic rings. The molecule has 20 heavy (non-hydrogen) atoms.